The molecule has 0 heterocycles. The second-order valence-electron chi connectivity index (χ2n) is 22.3. The third kappa shape index (κ3) is 61.6. The monoisotopic (exact) mass is 1080 g/mol. The van der Waals surface area contributed by atoms with Gasteiger partial charge in [0, 0.05) is 19.4 Å². The zero-order valence-electron chi connectivity index (χ0n) is 49.8. The van der Waals surface area contributed by atoms with Crippen molar-refractivity contribution < 1.29 is 37.6 Å². The van der Waals surface area contributed by atoms with E-state index in [1.54, 1.807) is 0 Å². The van der Waals surface area contributed by atoms with Crippen LogP contribution >= 0.6 is 7.82 Å². The Morgan fingerprint density at radius 1 is 0.400 bits per heavy atom. The van der Waals surface area contributed by atoms with E-state index in [1.807, 2.05) is 0 Å². The summed E-state index contributed by atoms with van der Waals surface area (Å²) in [4.78, 5) is 35.2. The summed E-state index contributed by atoms with van der Waals surface area (Å²) >= 11 is 0. The van der Waals surface area contributed by atoms with Gasteiger partial charge in [-0.05, 0) is 44.9 Å². The maximum Gasteiger partial charge on any atom is 0.472 e. The lowest BCUT2D eigenvalue weighted by Crippen LogP contribution is -2.29. The first-order valence-corrected chi connectivity index (χ1v) is 34.3. The molecule has 0 spiro atoms. The van der Waals surface area contributed by atoms with E-state index in [4.69, 9.17) is 24.3 Å². The number of nitrogens with two attached hydrogens (primary N) is 1. The molecule has 0 radical (unpaired) electrons. The molecule has 0 aromatic heterocycles. The van der Waals surface area contributed by atoms with Gasteiger partial charge < -0.3 is 20.1 Å². The fourth-order valence-corrected chi connectivity index (χ4v) is 10.7. The molecule has 0 aliphatic carbocycles. The molecule has 0 saturated carbocycles. The lowest BCUT2D eigenvalue weighted by atomic mass is 10.0. The van der Waals surface area contributed by atoms with Gasteiger partial charge in [-0.2, -0.15) is 0 Å². The number of phosphoric ester groups is 1. The first-order valence-electron chi connectivity index (χ1n) is 32.8. The van der Waals surface area contributed by atoms with Crippen molar-refractivity contribution in [1.29, 1.82) is 0 Å². The van der Waals surface area contributed by atoms with Crippen LogP contribution in [0.5, 0.6) is 0 Å². The van der Waals surface area contributed by atoms with Crippen molar-refractivity contribution in [2.45, 2.75) is 354 Å². The maximum atomic E-state index is 12.7. The molecule has 0 aromatic carbocycles. The van der Waals surface area contributed by atoms with Crippen LogP contribution in [-0.4, -0.2) is 49.3 Å². The first-order chi connectivity index (χ1) is 36.8. The van der Waals surface area contributed by atoms with E-state index < -0.39 is 26.5 Å². The Hall–Kier alpha value is -1.51. The van der Waals surface area contributed by atoms with Crippen molar-refractivity contribution in [3.8, 4) is 0 Å². The second kappa shape index (κ2) is 61.7. The van der Waals surface area contributed by atoms with Gasteiger partial charge in [0.05, 0.1) is 13.2 Å². The fourth-order valence-electron chi connectivity index (χ4n) is 9.97. The van der Waals surface area contributed by atoms with Crippen molar-refractivity contribution in [3.05, 3.63) is 24.3 Å². The molecule has 0 amide bonds. The van der Waals surface area contributed by atoms with Crippen LogP contribution in [0.15, 0.2) is 24.3 Å². The van der Waals surface area contributed by atoms with Gasteiger partial charge in [0.15, 0.2) is 6.10 Å². The molecule has 0 bridgehead atoms. The average Bonchev–Trinajstić information content (AvgIpc) is 3.40. The third-order valence-corrected chi connectivity index (χ3v) is 15.8. The van der Waals surface area contributed by atoms with Crippen LogP contribution in [0, 0.1) is 0 Å². The number of hydrogen-bond donors (Lipinski definition) is 2. The van der Waals surface area contributed by atoms with Crippen molar-refractivity contribution in [3.63, 3.8) is 0 Å². The van der Waals surface area contributed by atoms with Crippen molar-refractivity contribution in [2.75, 3.05) is 26.4 Å². The highest BCUT2D eigenvalue weighted by Gasteiger charge is 2.26. The summed E-state index contributed by atoms with van der Waals surface area (Å²) in [6.07, 6.45) is 74.2. The van der Waals surface area contributed by atoms with Gasteiger partial charge >= 0.3 is 19.8 Å². The molecule has 9 nitrogen and oxygen atoms in total. The molecule has 75 heavy (non-hydrogen) atoms. The Morgan fingerprint density at radius 3 is 1.03 bits per heavy atom. The highest BCUT2D eigenvalue weighted by molar-refractivity contribution is 7.47. The summed E-state index contributed by atoms with van der Waals surface area (Å²) in [5.74, 6) is -0.819. The quantitative estimate of drug-likeness (QED) is 0.0264. The van der Waals surface area contributed by atoms with E-state index >= 15 is 0 Å². The smallest absolute Gasteiger partial charge is 0.462 e. The third-order valence-electron chi connectivity index (χ3n) is 14.8. The van der Waals surface area contributed by atoms with Gasteiger partial charge in [0.25, 0.3) is 0 Å². The largest absolute Gasteiger partial charge is 0.472 e. The normalized spacial score (nSPS) is 13.1. The second-order valence-corrected chi connectivity index (χ2v) is 23.8. The summed E-state index contributed by atoms with van der Waals surface area (Å²) in [5.41, 5.74) is 5.39. The summed E-state index contributed by atoms with van der Waals surface area (Å²) in [6, 6.07) is 0. The summed E-state index contributed by atoms with van der Waals surface area (Å²) in [7, 11) is -4.39. The Labute approximate surface area is 465 Å². The minimum Gasteiger partial charge on any atom is -0.462 e. The molecule has 0 aliphatic heterocycles. The van der Waals surface area contributed by atoms with Gasteiger partial charge in [-0.3, -0.25) is 18.6 Å². The lowest BCUT2D eigenvalue weighted by molar-refractivity contribution is -0.161. The maximum absolute atomic E-state index is 12.7. The van der Waals surface area contributed by atoms with E-state index in [1.165, 1.54) is 263 Å². The number of hydrogen-bond acceptors (Lipinski definition) is 8. The molecule has 444 valence electrons. The number of carbonyl (C=O) groups is 2. The van der Waals surface area contributed by atoms with Crippen LogP contribution < -0.4 is 5.73 Å². The molecule has 2 atom stereocenters. The minimum absolute atomic E-state index is 0.0540. The van der Waals surface area contributed by atoms with Gasteiger partial charge in [-0.15, -0.1) is 0 Å². The van der Waals surface area contributed by atoms with Crippen molar-refractivity contribution in [1.82, 2.24) is 0 Å². The fraction of sp³-hybridized carbons (Fsp3) is 0.908. The highest BCUT2D eigenvalue weighted by Crippen LogP contribution is 2.43. The van der Waals surface area contributed by atoms with Crippen LogP contribution in [0.25, 0.3) is 0 Å². The standard InChI is InChI=1S/C65H126NO8P/c1-3-5-7-9-11-13-15-17-19-21-23-24-25-26-27-28-29-30-31-32-33-34-35-36-37-38-39-40-42-43-45-47-49-51-53-55-57-64(67)71-61-63(62-73-75(69,70)72-60-59-66)74-65(68)58-56-54-52-50-48-46-44-41-22-20-18-16-14-12-10-8-6-4-2/h14,16,20,22,63H,3-13,15,17-19,21,23-62,66H2,1-2H3,(H,69,70)/b16-14-,22-20-. The van der Waals surface area contributed by atoms with E-state index in [-0.39, 0.29) is 38.6 Å². The average molecular weight is 1080 g/mol. The number of carbonyl (C=O) groups excluding carboxylic acids is 2. The topological polar surface area (TPSA) is 134 Å². The Bertz CT molecular complexity index is 1280. The zero-order chi connectivity index (χ0) is 54.5. The Kier molecular flexibility index (Phi) is 60.5. The molecule has 0 aliphatic rings. The van der Waals surface area contributed by atoms with E-state index in [2.05, 4.69) is 38.2 Å². The number of esters is 2. The molecule has 3 N–H and O–H groups in total. The van der Waals surface area contributed by atoms with Gasteiger partial charge in [0.1, 0.15) is 6.61 Å². The SMILES string of the molecule is CCCCCC/C=C\C/C=C\CCCCCCCCCC(=O)OC(COC(=O)CCCCCCCCCCCCCCCCCCCCCCCCCCCCCCCCCCCCCC)COP(=O)(O)OCCN. The molecule has 0 saturated heterocycles. The number of allylic oxidation sites excluding steroid dienone is 4. The predicted octanol–water partition coefficient (Wildman–Crippen LogP) is 21.0. The molecule has 10 heteroatoms. The van der Waals surface area contributed by atoms with Gasteiger partial charge in [0.2, 0.25) is 0 Å². The van der Waals surface area contributed by atoms with Gasteiger partial charge in [-0.1, -0.05) is 314 Å². The molecule has 2 unspecified atom stereocenters. The van der Waals surface area contributed by atoms with Crippen LogP contribution in [0.4, 0.5) is 0 Å². The molecule has 0 fully saturated rings. The number of rotatable bonds is 63. The summed E-state index contributed by atoms with van der Waals surface area (Å²) in [6.45, 7) is 3.78. The van der Waals surface area contributed by atoms with E-state index in [0.29, 0.717) is 6.42 Å². The lowest BCUT2D eigenvalue weighted by Gasteiger charge is -2.19. The molecule has 0 aromatic rings. The molecular weight excluding hydrogens is 954 g/mol. The van der Waals surface area contributed by atoms with Crippen LogP contribution in [0.3, 0.4) is 0 Å². The van der Waals surface area contributed by atoms with E-state index in [0.717, 1.165) is 51.4 Å². The van der Waals surface area contributed by atoms with Crippen LogP contribution in [0.1, 0.15) is 348 Å². The molecular formula is C65H126NO8P. The van der Waals surface area contributed by atoms with E-state index in [9.17, 15) is 19.0 Å². The number of unbranched alkanes of at least 4 members (excludes halogenated alkanes) is 46. The van der Waals surface area contributed by atoms with Crippen LogP contribution in [0.2, 0.25) is 0 Å². The predicted molar refractivity (Wildman–Crippen MR) is 321 cm³/mol. The molecule has 0 rings (SSSR count). The number of phosphoric acid groups is 1. The Morgan fingerprint density at radius 2 is 0.693 bits per heavy atom. The zero-order valence-corrected chi connectivity index (χ0v) is 50.7. The van der Waals surface area contributed by atoms with Crippen LogP contribution in [-0.2, 0) is 32.7 Å². The minimum atomic E-state index is -4.39. The first kappa shape index (κ1) is 73.5. The van der Waals surface area contributed by atoms with Crippen molar-refractivity contribution >= 4 is 19.8 Å². The Balaban J connectivity index is 3.77. The highest BCUT2D eigenvalue weighted by atomic mass is 31.2. The number of ether oxygens (including phenoxy) is 2. The van der Waals surface area contributed by atoms with Gasteiger partial charge in [-0.25, -0.2) is 4.57 Å². The summed E-state index contributed by atoms with van der Waals surface area (Å²) < 4.78 is 33.1. The summed E-state index contributed by atoms with van der Waals surface area (Å²) in [5, 5.41) is 0. The van der Waals surface area contributed by atoms with Crippen molar-refractivity contribution in [2.24, 2.45) is 5.73 Å².